The van der Waals surface area contributed by atoms with E-state index in [1.165, 1.54) is 96.3 Å². The third-order valence-corrected chi connectivity index (χ3v) is 11.7. The van der Waals surface area contributed by atoms with Gasteiger partial charge in [0.15, 0.2) is 0 Å². The quantitative estimate of drug-likeness (QED) is 0.362. The monoisotopic (exact) mass is 441 g/mol. The van der Waals surface area contributed by atoms with Crippen LogP contribution in [0.2, 0.25) is 0 Å². The van der Waals surface area contributed by atoms with Crippen LogP contribution in [0.3, 0.4) is 0 Å². The second-order valence-corrected chi connectivity index (χ2v) is 14.4. The highest BCUT2D eigenvalue weighted by Gasteiger charge is 2.80. The van der Waals surface area contributed by atoms with Gasteiger partial charge in [0.2, 0.25) is 0 Å². The molecule has 5 aliphatic rings. The molecule has 7 unspecified atom stereocenters. The lowest BCUT2D eigenvalue weighted by molar-refractivity contribution is -0.148. The van der Waals surface area contributed by atoms with Gasteiger partial charge >= 0.3 is 0 Å². The van der Waals surface area contributed by atoms with Crippen molar-refractivity contribution in [2.75, 3.05) is 0 Å². The summed E-state index contributed by atoms with van der Waals surface area (Å²) in [7, 11) is 0. The summed E-state index contributed by atoms with van der Waals surface area (Å²) in [6, 6.07) is 1.86. The Morgan fingerprint density at radius 2 is 1.34 bits per heavy atom. The SMILES string of the molecule is CC1CCCCCCC2C3CCCCCC(C)(C)CCCC4CC5(CC5(C)C2CCC1)N43. The molecule has 0 N–H and O–H groups in total. The van der Waals surface area contributed by atoms with Crippen molar-refractivity contribution in [2.45, 2.75) is 167 Å². The summed E-state index contributed by atoms with van der Waals surface area (Å²) < 4.78 is 0. The highest BCUT2D eigenvalue weighted by atomic mass is 15.4. The predicted molar refractivity (Wildman–Crippen MR) is 138 cm³/mol. The second kappa shape index (κ2) is 9.20. The van der Waals surface area contributed by atoms with Crippen molar-refractivity contribution in [1.82, 2.24) is 4.90 Å². The number of fused-ring (bicyclic) bond motifs is 3. The first-order chi connectivity index (χ1) is 15.4. The van der Waals surface area contributed by atoms with Gasteiger partial charge in [0.05, 0.1) is 0 Å². The molecule has 0 aromatic heterocycles. The van der Waals surface area contributed by atoms with E-state index in [1.807, 2.05) is 0 Å². The van der Waals surface area contributed by atoms with Gasteiger partial charge in [0.25, 0.3) is 0 Å². The summed E-state index contributed by atoms with van der Waals surface area (Å²) in [6.45, 7) is 10.4. The van der Waals surface area contributed by atoms with Crippen LogP contribution < -0.4 is 0 Å². The van der Waals surface area contributed by atoms with E-state index in [9.17, 15) is 0 Å². The largest absolute Gasteiger partial charge is 0.291 e. The van der Waals surface area contributed by atoms with Crippen LogP contribution >= 0.6 is 0 Å². The fraction of sp³-hybridized carbons (Fsp3) is 1.00. The van der Waals surface area contributed by atoms with E-state index in [1.54, 1.807) is 25.7 Å². The molecule has 1 spiro atoms. The normalized spacial score (nSPS) is 48.2. The van der Waals surface area contributed by atoms with Gasteiger partial charge < -0.3 is 0 Å². The van der Waals surface area contributed by atoms with Crippen LogP contribution in [0.15, 0.2) is 0 Å². The molecule has 5 fully saturated rings. The topological polar surface area (TPSA) is 3.24 Å². The van der Waals surface area contributed by atoms with Crippen LogP contribution in [0.1, 0.15) is 150 Å². The van der Waals surface area contributed by atoms with Gasteiger partial charge in [-0.25, -0.2) is 0 Å². The number of hydrogen-bond acceptors (Lipinski definition) is 1. The first-order valence-electron chi connectivity index (χ1n) is 15.1. The number of hydrogen-bond donors (Lipinski definition) is 0. The second-order valence-electron chi connectivity index (χ2n) is 14.4. The number of nitrogens with zero attached hydrogens (tertiary/aromatic N) is 1. The Kier molecular flexibility index (Phi) is 6.81. The molecule has 3 saturated heterocycles. The molecule has 5 rings (SSSR count). The smallest absolute Gasteiger partial charge is 0.0293 e. The average Bonchev–Trinajstić information content (AvgIpc) is 3.36. The summed E-state index contributed by atoms with van der Waals surface area (Å²) in [6.07, 6.45) is 28.6. The Morgan fingerprint density at radius 1 is 0.656 bits per heavy atom. The molecule has 0 amide bonds. The van der Waals surface area contributed by atoms with Crippen molar-refractivity contribution in [3.05, 3.63) is 0 Å². The molecule has 2 saturated carbocycles. The Morgan fingerprint density at radius 3 is 2.19 bits per heavy atom. The summed E-state index contributed by atoms with van der Waals surface area (Å²) in [4.78, 5) is 3.23. The zero-order chi connectivity index (χ0) is 22.4. The van der Waals surface area contributed by atoms with E-state index >= 15 is 0 Å². The van der Waals surface area contributed by atoms with E-state index < -0.39 is 0 Å². The fourth-order valence-corrected chi connectivity index (χ4v) is 9.75. The molecule has 0 bridgehead atoms. The standard InChI is InChI=1S/C31H55N/c1-24-14-8-5-6-9-17-26-27(18-12-15-24)30(4)23-31(30)22-25-16-13-21-29(2,3)20-11-7-10-19-28(26)32(25)31/h24-28H,5-23H2,1-4H3. The maximum atomic E-state index is 3.23. The van der Waals surface area contributed by atoms with E-state index in [0.717, 1.165) is 29.8 Å². The van der Waals surface area contributed by atoms with Crippen molar-refractivity contribution < 1.29 is 0 Å². The highest BCUT2D eigenvalue weighted by molar-refractivity contribution is 5.33. The van der Waals surface area contributed by atoms with Gasteiger partial charge in [-0.2, -0.15) is 0 Å². The Bertz CT molecular complexity index is 638. The Hall–Kier alpha value is -0.0400. The van der Waals surface area contributed by atoms with Gasteiger partial charge in [-0.3, -0.25) is 4.90 Å². The van der Waals surface area contributed by atoms with Crippen LogP contribution in [0.25, 0.3) is 0 Å². The number of piperidine rings is 1. The minimum absolute atomic E-state index is 0.575. The number of rotatable bonds is 0. The van der Waals surface area contributed by atoms with Crippen molar-refractivity contribution >= 4 is 0 Å². The maximum Gasteiger partial charge on any atom is 0.0293 e. The predicted octanol–water partition coefficient (Wildman–Crippen LogP) is 9.15. The van der Waals surface area contributed by atoms with E-state index in [4.69, 9.17) is 0 Å². The minimum Gasteiger partial charge on any atom is -0.291 e. The van der Waals surface area contributed by atoms with Gasteiger partial charge in [-0.05, 0) is 80.0 Å². The Balaban J connectivity index is 1.37. The van der Waals surface area contributed by atoms with Crippen LogP contribution in [0.5, 0.6) is 0 Å². The molecule has 3 aliphatic heterocycles. The van der Waals surface area contributed by atoms with E-state index in [-0.39, 0.29) is 0 Å². The van der Waals surface area contributed by atoms with Crippen molar-refractivity contribution in [2.24, 2.45) is 28.6 Å². The van der Waals surface area contributed by atoms with Crippen LogP contribution in [-0.2, 0) is 0 Å². The van der Waals surface area contributed by atoms with E-state index in [0.29, 0.717) is 16.4 Å². The van der Waals surface area contributed by atoms with Gasteiger partial charge in [0.1, 0.15) is 0 Å². The highest BCUT2D eigenvalue weighted by Crippen LogP contribution is 2.77. The molecule has 184 valence electrons. The molecule has 1 nitrogen and oxygen atoms in total. The Labute approximate surface area is 200 Å². The van der Waals surface area contributed by atoms with Gasteiger partial charge in [-0.1, -0.05) is 98.3 Å². The van der Waals surface area contributed by atoms with Crippen LogP contribution in [0, 0.1) is 28.6 Å². The minimum atomic E-state index is 0.575. The van der Waals surface area contributed by atoms with Crippen LogP contribution in [0.4, 0.5) is 0 Å². The molecule has 3 heterocycles. The third-order valence-electron chi connectivity index (χ3n) is 11.7. The lowest BCUT2D eigenvalue weighted by Gasteiger charge is -2.64. The molecule has 2 aliphatic carbocycles. The molecule has 0 aromatic rings. The summed E-state index contributed by atoms with van der Waals surface area (Å²) >= 11 is 0. The van der Waals surface area contributed by atoms with E-state index in [2.05, 4.69) is 32.6 Å². The lowest BCUT2D eigenvalue weighted by Crippen LogP contribution is -2.70. The lowest BCUT2D eigenvalue weighted by atomic mass is 9.60. The zero-order valence-corrected chi connectivity index (χ0v) is 22.3. The molecular formula is C31H55N. The molecule has 7 atom stereocenters. The zero-order valence-electron chi connectivity index (χ0n) is 22.3. The molecule has 0 aromatic carbocycles. The molecule has 32 heavy (non-hydrogen) atoms. The third kappa shape index (κ3) is 4.24. The molecular weight excluding hydrogens is 386 g/mol. The first kappa shape index (κ1) is 23.7. The molecule has 0 radical (unpaired) electrons. The average molecular weight is 442 g/mol. The van der Waals surface area contributed by atoms with Crippen molar-refractivity contribution in [3.63, 3.8) is 0 Å². The summed E-state index contributed by atoms with van der Waals surface area (Å²) in [5, 5.41) is 0. The summed E-state index contributed by atoms with van der Waals surface area (Å²) in [5.41, 5.74) is 1.88. The van der Waals surface area contributed by atoms with Crippen molar-refractivity contribution in [1.29, 1.82) is 0 Å². The van der Waals surface area contributed by atoms with Crippen molar-refractivity contribution in [3.8, 4) is 0 Å². The summed E-state index contributed by atoms with van der Waals surface area (Å²) in [5.74, 6) is 3.00. The first-order valence-corrected chi connectivity index (χ1v) is 15.1. The van der Waals surface area contributed by atoms with Crippen LogP contribution in [-0.4, -0.2) is 22.5 Å². The maximum absolute atomic E-state index is 3.23. The molecule has 1 heteroatoms. The fourth-order valence-electron chi connectivity index (χ4n) is 9.75. The van der Waals surface area contributed by atoms with Gasteiger partial charge in [-0.15, -0.1) is 0 Å². The van der Waals surface area contributed by atoms with Gasteiger partial charge in [0, 0.05) is 17.6 Å².